The number of carbonyl (C=O) groups is 2. The smallest absolute Gasteiger partial charge is 0.409 e. The topological polar surface area (TPSA) is 71.5 Å². The van der Waals surface area contributed by atoms with Crippen LogP contribution in [0, 0.1) is 18.6 Å². The molecular formula is C19H21F2N3O3S. The van der Waals surface area contributed by atoms with Crippen molar-refractivity contribution in [2.24, 2.45) is 0 Å². The SMILES string of the molecule is CCOC(=O)N1CCC(NC(=O)c2sc(-c3c(F)cccc3F)nc2C)CC1. The number of piperidine rings is 1. The summed E-state index contributed by atoms with van der Waals surface area (Å²) in [7, 11) is 0. The van der Waals surface area contributed by atoms with Crippen molar-refractivity contribution in [2.45, 2.75) is 32.7 Å². The van der Waals surface area contributed by atoms with E-state index in [0.717, 1.165) is 23.5 Å². The van der Waals surface area contributed by atoms with Crippen LogP contribution in [0.1, 0.15) is 35.1 Å². The van der Waals surface area contributed by atoms with Crippen molar-refractivity contribution < 1.29 is 23.1 Å². The van der Waals surface area contributed by atoms with E-state index in [4.69, 9.17) is 4.74 Å². The molecule has 1 N–H and O–H groups in total. The summed E-state index contributed by atoms with van der Waals surface area (Å²) in [5, 5.41) is 3.06. The third-order valence-corrected chi connectivity index (χ3v) is 5.71. The minimum absolute atomic E-state index is 0.0895. The second-order valence-corrected chi connectivity index (χ2v) is 7.46. The molecule has 1 aromatic heterocycles. The summed E-state index contributed by atoms with van der Waals surface area (Å²) in [4.78, 5) is 30.5. The number of hydrogen-bond donors (Lipinski definition) is 1. The molecule has 2 aromatic rings. The number of carbonyl (C=O) groups excluding carboxylic acids is 2. The number of amides is 2. The molecule has 0 bridgehead atoms. The Morgan fingerprint density at radius 2 is 1.93 bits per heavy atom. The molecule has 0 atom stereocenters. The zero-order chi connectivity index (χ0) is 20.3. The van der Waals surface area contributed by atoms with E-state index >= 15 is 0 Å². The minimum atomic E-state index is -0.716. The Labute approximate surface area is 165 Å². The van der Waals surface area contributed by atoms with Crippen molar-refractivity contribution in [3.8, 4) is 10.6 Å². The second kappa shape index (κ2) is 8.64. The van der Waals surface area contributed by atoms with Crippen molar-refractivity contribution in [3.63, 3.8) is 0 Å². The van der Waals surface area contributed by atoms with E-state index in [9.17, 15) is 18.4 Å². The Kier molecular flexibility index (Phi) is 6.23. The molecule has 9 heteroatoms. The van der Waals surface area contributed by atoms with Crippen LogP contribution in [0.15, 0.2) is 18.2 Å². The fraction of sp³-hybridized carbons (Fsp3) is 0.421. The zero-order valence-electron chi connectivity index (χ0n) is 15.6. The van der Waals surface area contributed by atoms with Gasteiger partial charge in [0.1, 0.15) is 21.5 Å². The number of nitrogens with zero attached hydrogens (tertiary/aromatic N) is 2. The first-order valence-corrected chi connectivity index (χ1v) is 9.86. The summed E-state index contributed by atoms with van der Waals surface area (Å²) in [6.45, 7) is 4.71. The van der Waals surface area contributed by atoms with E-state index in [1.54, 1.807) is 18.7 Å². The van der Waals surface area contributed by atoms with Gasteiger partial charge in [-0.1, -0.05) is 6.07 Å². The maximum atomic E-state index is 14.0. The fourth-order valence-electron chi connectivity index (χ4n) is 3.09. The maximum Gasteiger partial charge on any atom is 0.409 e. The average Bonchev–Trinajstić information content (AvgIpc) is 3.04. The highest BCUT2D eigenvalue weighted by Crippen LogP contribution is 2.32. The van der Waals surface area contributed by atoms with Gasteiger partial charge in [-0.25, -0.2) is 18.6 Å². The second-order valence-electron chi connectivity index (χ2n) is 6.46. The van der Waals surface area contributed by atoms with E-state index in [0.29, 0.717) is 43.1 Å². The molecule has 2 heterocycles. The predicted molar refractivity (Wildman–Crippen MR) is 101 cm³/mol. The normalized spacial score (nSPS) is 14.8. The van der Waals surface area contributed by atoms with E-state index in [-0.39, 0.29) is 28.6 Å². The molecule has 1 aliphatic rings. The van der Waals surface area contributed by atoms with E-state index in [1.165, 1.54) is 6.07 Å². The Morgan fingerprint density at radius 1 is 1.29 bits per heavy atom. The van der Waals surface area contributed by atoms with Crippen LogP contribution in [-0.2, 0) is 4.74 Å². The molecule has 1 aliphatic heterocycles. The molecule has 150 valence electrons. The van der Waals surface area contributed by atoms with Gasteiger partial charge in [0.05, 0.1) is 17.9 Å². The van der Waals surface area contributed by atoms with Crippen LogP contribution in [0.25, 0.3) is 10.6 Å². The molecule has 28 heavy (non-hydrogen) atoms. The highest BCUT2D eigenvalue weighted by Gasteiger charge is 2.26. The molecule has 6 nitrogen and oxygen atoms in total. The number of aryl methyl sites for hydroxylation is 1. The molecule has 0 radical (unpaired) electrons. The molecule has 0 aliphatic carbocycles. The number of aromatic nitrogens is 1. The van der Waals surface area contributed by atoms with Crippen LogP contribution in [0.5, 0.6) is 0 Å². The Hall–Kier alpha value is -2.55. The van der Waals surface area contributed by atoms with Gasteiger partial charge < -0.3 is 15.0 Å². The lowest BCUT2D eigenvalue weighted by molar-refractivity contribution is 0.0862. The van der Waals surface area contributed by atoms with Crippen LogP contribution in [-0.4, -0.2) is 47.6 Å². The van der Waals surface area contributed by atoms with Crippen molar-refractivity contribution >= 4 is 23.3 Å². The monoisotopic (exact) mass is 409 g/mol. The molecule has 0 saturated carbocycles. The average molecular weight is 409 g/mol. The van der Waals surface area contributed by atoms with Crippen molar-refractivity contribution in [3.05, 3.63) is 40.4 Å². The molecular weight excluding hydrogens is 388 g/mol. The van der Waals surface area contributed by atoms with Gasteiger partial charge >= 0.3 is 6.09 Å². The van der Waals surface area contributed by atoms with Crippen LogP contribution in [0.4, 0.5) is 13.6 Å². The minimum Gasteiger partial charge on any atom is -0.450 e. The number of rotatable bonds is 4. The van der Waals surface area contributed by atoms with Crippen molar-refractivity contribution in [1.29, 1.82) is 0 Å². The zero-order valence-corrected chi connectivity index (χ0v) is 16.4. The number of likely N-dealkylation sites (tertiary alicyclic amines) is 1. The molecule has 1 saturated heterocycles. The Morgan fingerprint density at radius 3 is 2.54 bits per heavy atom. The van der Waals surface area contributed by atoms with Gasteiger partial charge in [0.15, 0.2) is 0 Å². The number of ether oxygens (including phenoxy) is 1. The molecule has 2 amide bonds. The van der Waals surface area contributed by atoms with Gasteiger partial charge in [0.2, 0.25) is 0 Å². The van der Waals surface area contributed by atoms with Gasteiger partial charge in [0, 0.05) is 19.1 Å². The molecule has 1 aromatic carbocycles. The van der Waals surface area contributed by atoms with Gasteiger partial charge in [-0.3, -0.25) is 4.79 Å². The molecule has 3 rings (SSSR count). The summed E-state index contributed by atoms with van der Waals surface area (Å²) in [6.07, 6.45) is 0.871. The molecule has 1 fully saturated rings. The largest absolute Gasteiger partial charge is 0.450 e. The van der Waals surface area contributed by atoms with Gasteiger partial charge in [0.25, 0.3) is 5.91 Å². The van der Waals surface area contributed by atoms with E-state index < -0.39 is 11.6 Å². The number of halogens is 2. The third-order valence-electron chi connectivity index (χ3n) is 4.54. The van der Waals surface area contributed by atoms with Crippen LogP contribution in [0.3, 0.4) is 0 Å². The summed E-state index contributed by atoms with van der Waals surface area (Å²) in [6, 6.07) is 3.51. The lowest BCUT2D eigenvalue weighted by atomic mass is 10.1. The Balaban J connectivity index is 1.66. The summed E-state index contributed by atoms with van der Waals surface area (Å²) >= 11 is 0.962. The quantitative estimate of drug-likeness (QED) is 0.835. The highest BCUT2D eigenvalue weighted by atomic mass is 32.1. The molecule has 0 spiro atoms. The predicted octanol–water partition coefficient (Wildman–Crippen LogP) is 3.75. The van der Waals surface area contributed by atoms with Crippen LogP contribution < -0.4 is 5.32 Å². The summed E-state index contributed by atoms with van der Waals surface area (Å²) in [5.41, 5.74) is 0.196. The summed E-state index contributed by atoms with van der Waals surface area (Å²) < 4.78 is 33.0. The first-order chi connectivity index (χ1) is 13.4. The first kappa shape index (κ1) is 20.2. The first-order valence-electron chi connectivity index (χ1n) is 9.05. The highest BCUT2D eigenvalue weighted by molar-refractivity contribution is 7.17. The van der Waals surface area contributed by atoms with Gasteiger partial charge in [-0.05, 0) is 38.8 Å². The van der Waals surface area contributed by atoms with Crippen molar-refractivity contribution in [2.75, 3.05) is 19.7 Å². The standard InChI is InChI=1S/C19H21F2N3O3S/c1-3-27-19(26)24-9-7-12(8-10-24)23-17(25)16-11(2)22-18(28-16)15-13(20)5-4-6-14(15)21/h4-6,12H,3,7-10H2,1-2H3,(H,23,25). The lowest BCUT2D eigenvalue weighted by Crippen LogP contribution is -2.46. The number of nitrogens with one attached hydrogen (secondary N) is 1. The number of benzene rings is 1. The lowest BCUT2D eigenvalue weighted by Gasteiger charge is -2.31. The van der Waals surface area contributed by atoms with Crippen LogP contribution >= 0.6 is 11.3 Å². The van der Waals surface area contributed by atoms with Crippen molar-refractivity contribution in [1.82, 2.24) is 15.2 Å². The van der Waals surface area contributed by atoms with E-state index in [2.05, 4.69) is 10.3 Å². The van der Waals surface area contributed by atoms with E-state index in [1.807, 2.05) is 0 Å². The third kappa shape index (κ3) is 4.30. The number of thiazole rings is 1. The fourth-order valence-corrected chi connectivity index (χ4v) is 4.11. The summed E-state index contributed by atoms with van der Waals surface area (Å²) in [5.74, 6) is -1.76. The van der Waals surface area contributed by atoms with Gasteiger partial charge in [-0.15, -0.1) is 11.3 Å². The molecule has 0 unspecified atom stereocenters. The van der Waals surface area contributed by atoms with Crippen LogP contribution in [0.2, 0.25) is 0 Å². The number of hydrogen-bond acceptors (Lipinski definition) is 5. The Bertz CT molecular complexity index is 859. The maximum absolute atomic E-state index is 14.0. The van der Waals surface area contributed by atoms with Gasteiger partial charge in [-0.2, -0.15) is 0 Å².